The third kappa shape index (κ3) is 5.41. The number of aromatic nitrogens is 1. The first-order valence-corrected chi connectivity index (χ1v) is 11.8. The molecule has 0 spiro atoms. The molecule has 1 saturated carbocycles. The Morgan fingerprint density at radius 3 is 2.22 bits per heavy atom. The fraction of sp³-hybridized carbons (Fsp3) is 0.407. The van der Waals surface area contributed by atoms with Crippen molar-refractivity contribution in [1.29, 1.82) is 0 Å². The SMILES string of the molecule is CN1CCC1.COc1ccc(C)c(C(=O)NC2(c3cc(OC)cc4nc(C(F)(F)F)ccc34)CC2)c1. The van der Waals surface area contributed by atoms with E-state index in [-0.39, 0.29) is 11.4 Å². The van der Waals surface area contributed by atoms with E-state index in [9.17, 15) is 18.0 Å². The lowest BCUT2D eigenvalue weighted by atomic mass is 9.97. The predicted molar refractivity (Wildman–Crippen MR) is 132 cm³/mol. The number of carbonyl (C=O) groups excluding carboxylic acids is 1. The number of nitrogens with one attached hydrogen (secondary N) is 1. The molecule has 192 valence electrons. The van der Waals surface area contributed by atoms with E-state index in [1.807, 2.05) is 6.92 Å². The largest absolute Gasteiger partial charge is 0.497 e. The first-order valence-electron chi connectivity index (χ1n) is 11.8. The Morgan fingerprint density at radius 1 is 1.03 bits per heavy atom. The van der Waals surface area contributed by atoms with Crippen LogP contribution in [0.25, 0.3) is 10.9 Å². The van der Waals surface area contributed by atoms with E-state index in [0.29, 0.717) is 40.9 Å². The number of carbonyl (C=O) groups is 1. The van der Waals surface area contributed by atoms with Crippen LogP contribution in [-0.2, 0) is 11.7 Å². The molecule has 1 N–H and O–H groups in total. The maximum atomic E-state index is 13.1. The molecular weight excluding hydrogens is 471 g/mol. The lowest BCUT2D eigenvalue weighted by Crippen LogP contribution is -2.35. The van der Waals surface area contributed by atoms with Gasteiger partial charge in [-0.1, -0.05) is 12.1 Å². The van der Waals surface area contributed by atoms with Gasteiger partial charge in [0.05, 0.1) is 25.3 Å². The van der Waals surface area contributed by atoms with Crippen molar-refractivity contribution in [3.8, 4) is 11.5 Å². The Hall–Kier alpha value is -3.33. The van der Waals surface area contributed by atoms with Crippen LogP contribution >= 0.6 is 0 Å². The Balaban J connectivity index is 0.000000543. The Bertz CT molecular complexity index is 1270. The summed E-state index contributed by atoms with van der Waals surface area (Å²) in [6.45, 7) is 4.47. The fourth-order valence-electron chi connectivity index (χ4n) is 4.20. The van der Waals surface area contributed by atoms with Crippen LogP contribution in [0.5, 0.6) is 11.5 Å². The number of methoxy groups -OCH3 is 2. The maximum absolute atomic E-state index is 13.1. The number of likely N-dealkylation sites (tertiary alicyclic amines) is 1. The number of benzene rings is 2. The van der Waals surface area contributed by atoms with Gasteiger partial charge in [0.2, 0.25) is 0 Å². The molecule has 1 aromatic heterocycles. The highest BCUT2D eigenvalue weighted by atomic mass is 19.4. The van der Waals surface area contributed by atoms with E-state index in [1.54, 1.807) is 24.3 Å². The quantitative estimate of drug-likeness (QED) is 0.513. The number of nitrogens with zero attached hydrogens (tertiary/aromatic N) is 2. The van der Waals surface area contributed by atoms with Gasteiger partial charge in [-0.2, -0.15) is 13.2 Å². The third-order valence-electron chi connectivity index (χ3n) is 6.69. The summed E-state index contributed by atoms with van der Waals surface area (Å²) in [6, 6.07) is 10.8. The van der Waals surface area contributed by atoms with E-state index < -0.39 is 17.4 Å². The summed E-state index contributed by atoms with van der Waals surface area (Å²) in [4.78, 5) is 19.2. The smallest absolute Gasteiger partial charge is 0.433 e. The molecule has 1 saturated heterocycles. The highest BCUT2D eigenvalue weighted by Gasteiger charge is 2.47. The standard InChI is InChI=1S/C23H21F3N2O3.C4H9N/c1-13-4-5-14(30-2)10-17(13)21(29)28-22(8-9-22)18-11-15(31-3)12-19-16(18)6-7-20(27-19)23(24,25)26;1-5-3-2-4-5/h4-7,10-12H,8-9H2,1-3H3,(H,28,29);2-4H2,1H3. The predicted octanol–water partition coefficient (Wildman–Crippen LogP) is 5.32. The summed E-state index contributed by atoms with van der Waals surface area (Å²) in [5, 5.41) is 3.63. The van der Waals surface area contributed by atoms with Crippen molar-refractivity contribution >= 4 is 16.8 Å². The summed E-state index contributed by atoms with van der Waals surface area (Å²) < 4.78 is 50.0. The molecule has 2 aromatic carbocycles. The zero-order valence-electron chi connectivity index (χ0n) is 20.8. The molecule has 1 amide bonds. The van der Waals surface area contributed by atoms with Gasteiger partial charge in [-0.05, 0) is 81.7 Å². The van der Waals surface area contributed by atoms with Crippen LogP contribution in [-0.4, -0.2) is 50.1 Å². The van der Waals surface area contributed by atoms with Gasteiger partial charge in [0.25, 0.3) is 5.91 Å². The van der Waals surface area contributed by atoms with Crippen molar-refractivity contribution in [2.75, 3.05) is 34.4 Å². The number of aryl methyl sites for hydroxylation is 1. The number of pyridine rings is 1. The van der Waals surface area contributed by atoms with Gasteiger partial charge in [0.15, 0.2) is 0 Å². The molecular formula is C27H30F3N3O3. The average Bonchev–Trinajstić information content (AvgIpc) is 3.61. The number of amides is 1. The van der Waals surface area contributed by atoms with E-state index in [1.165, 1.54) is 45.9 Å². The molecule has 0 bridgehead atoms. The van der Waals surface area contributed by atoms with Gasteiger partial charge in [-0.15, -0.1) is 0 Å². The molecule has 1 aliphatic heterocycles. The Morgan fingerprint density at radius 2 is 1.69 bits per heavy atom. The van der Waals surface area contributed by atoms with Crippen molar-refractivity contribution in [3.63, 3.8) is 0 Å². The van der Waals surface area contributed by atoms with Crippen LogP contribution < -0.4 is 14.8 Å². The van der Waals surface area contributed by atoms with Gasteiger partial charge in [0.1, 0.15) is 17.2 Å². The number of fused-ring (bicyclic) bond motifs is 1. The van der Waals surface area contributed by atoms with Crippen LogP contribution in [0.3, 0.4) is 0 Å². The second-order valence-corrected chi connectivity index (χ2v) is 9.31. The molecule has 36 heavy (non-hydrogen) atoms. The zero-order valence-corrected chi connectivity index (χ0v) is 20.8. The van der Waals surface area contributed by atoms with Gasteiger partial charge < -0.3 is 19.7 Å². The summed E-state index contributed by atoms with van der Waals surface area (Å²) >= 11 is 0. The van der Waals surface area contributed by atoms with E-state index in [0.717, 1.165) is 11.6 Å². The molecule has 0 unspecified atom stereocenters. The first kappa shape index (κ1) is 25.8. The van der Waals surface area contributed by atoms with Gasteiger partial charge >= 0.3 is 6.18 Å². The number of ether oxygens (including phenoxy) is 2. The van der Waals surface area contributed by atoms with Gasteiger partial charge in [0, 0.05) is 17.0 Å². The molecule has 2 heterocycles. The summed E-state index contributed by atoms with van der Waals surface area (Å²) in [7, 11) is 5.11. The minimum atomic E-state index is -4.55. The van der Waals surface area contributed by atoms with Crippen LogP contribution in [0.2, 0.25) is 0 Å². The highest BCUT2D eigenvalue weighted by molar-refractivity contribution is 5.97. The highest BCUT2D eigenvalue weighted by Crippen LogP contribution is 2.49. The van der Waals surface area contributed by atoms with Crippen molar-refractivity contribution in [3.05, 3.63) is 64.8 Å². The molecule has 1 aliphatic carbocycles. The molecule has 5 rings (SSSR count). The van der Waals surface area contributed by atoms with E-state index in [4.69, 9.17) is 9.47 Å². The van der Waals surface area contributed by atoms with Crippen LogP contribution in [0.4, 0.5) is 13.2 Å². The number of alkyl halides is 3. The fourth-order valence-corrected chi connectivity index (χ4v) is 4.20. The average molecular weight is 502 g/mol. The number of halogens is 3. The van der Waals surface area contributed by atoms with Crippen molar-refractivity contribution in [1.82, 2.24) is 15.2 Å². The minimum Gasteiger partial charge on any atom is -0.497 e. The topological polar surface area (TPSA) is 63.7 Å². The monoisotopic (exact) mass is 501 g/mol. The summed E-state index contributed by atoms with van der Waals surface area (Å²) in [6.07, 6.45) is -1.82. The van der Waals surface area contributed by atoms with Crippen LogP contribution in [0.1, 0.15) is 46.4 Å². The summed E-state index contributed by atoms with van der Waals surface area (Å²) in [5.41, 5.74) is 0.469. The molecule has 3 aromatic rings. The van der Waals surface area contributed by atoms with Crippen molar-refractivity contribution < 1.29 is 27.4 Å². The minimum absolute atomic E-state index is 0.169. The van der Waals surface area contributed by atoms with Crippen LogP contribution in [0, 0.1) is 6.92 Å². The Kier molecular flexibility index (Phi) is 7.13. The molecule has 6 nitrogen and oxygen atoms in total. The summed E-state index contributed by atoms with van der Waals surface area (Å²) in [5.74, 6) is 0.674. The zero-order chi connectivity index (χ0) is 26.1. The Labute approximate surface area is 208 Å². The molecule has 2 fully saturated rings. The number of rotatable bonds is 5. The molecule has 0 radical (unpaired) electrons. The van der Waals surface area contributed by atoms with Crippen molar-refractivity contribution in [2.24, 2.45) is 0 Å². The maximum Gasteiger partial charge on any atom is 0.433 e. The van der Waals surface area contributed by atoms with E-state index >= 15 is 0 Å². The van der Waals surface area contributed by atoms with Crippen LogP contribution in [0.15, 0.2) is 42.5 Å². The second kappa shape index (κ2) is 9.97. The van der Waals surface area contributed by atoms with Gasteiger partial charge in [-0.3, -0.25) is 4.79 Å². The van der Waals surface area contributed by atoms with Crippen molar-refractivity contribution in [2.45, 2.75) is 37.9 Å². The molecule has 2 aliphatic rings. The third-order valence-corrected chi connectivity index (χ3v) is 6.69. The lowest BCUT2D eigenvalue weighted by Gasteiger charge is -2.24. The second-order valence-electron chi connectivity index (χ2n) is 9.31. The van der Waals surface area contributed by atoms with E-state index in [2.05, 4.69) is 22.2 Å². The normalized spacial score (nSPS) is 16.4. The first-order chi connectivity index (χ1) is 17.1. The molecule has 9 heteroatoms. The number of hydrogen-bond donors (Lipinski definition) is 1. The lowest BCUT2D eigenvalue weighted by molar-refractivity contribution is -0.140. The number of hydrogen-bond acceptors (Lipinski definition) is 5. The van der Waals surface area contributed by atoms with Gasteiger partial charge in [-0.25, -0.2) is 4.98 Å². The molecule has 0 atom stereocenters.